The van der Waals surface area contributed by atoms with E-state index < -0.39 is 17.8 Å². The number of likely N-dealkylation sites (N-methyl/N-ethyl adjacent to an activating group) is 1. The lowest BCUT2D eigenvalue weighted by atomic mass is 10.1. The molecule has 12 heteroatoms. The topological polar surface area (TPSA) is 79.2 Å². The largest absolute Gasteiger partial charge is 0.416 e. The van der Waals surface area contributed by atoms with Crippen molar-refractivity contribution in [3.05, 3.63) is 77.6 Å². The average Bonchev–Trinajstić information content (AvgIpc) is 3.58. The van der Waals surface area contributed by atoms with E-state index in [0.29, 0.717) is 48.7 Å². The predicted molar refractivity (Wildman–Crippen MR) is 144 cm³/mol. The summed E-state index contributed by atoms with van der Waals surface area (Å²) in [6, 6.07) is 12.7. The van der Waals surface area contributed by atoms with Gasteiger partial charge in [-0.15, -0.1) is 16.4 Å². The molecule has 2 aromatic carbocycles. The van der Waals surface area contributed by atoms with Crippen molar-refractivity contribution in [3.63, 3.8) is 0 Å². The number of anilines is 1. The molecule has 1 N–H and O–H groups in total. The van der Waals surface area contributed by atoms with Gasteiger partial charge in [0, 0.05) is 37.1 Å². The molecule has 200 valence electrons. The molecule has 1 saturated heterocycles. The summed E-state index contributed by atoms with van der Waals surface area (Å²) in [7, 11) is 1.93. The number of hydrogen-bond donors (Lipinski definition) is 1. The van der Waals surface area contributed by atoms with Gasteiger partial charge in [-0.3, -0.25) is 9.69 Å². The maximum atomic E-state index is 13.2. The van der Waals surface area contributed by atoms with Crippen molar-refractivity contribution in [1.29, 1.82) is 0 Å². The van der Waals surface area contributed by atoms with E-state index in [1.54, 1.807) is 17.5 Å². The molecule has 6 rings (SSSR count). The number of aromatic nitrogens is 4. The Morgan fingerprint density at radius 1 is 1.10 bits per heavy atom. The van der Waals surface area contributed by atoms with Crippen LogP contribution < -0.4 is 10.2 Å². The molecular formula is C27H24F3N7OS. The fourth-order valence-corrected chi connectivity index (χ4v) is 5.57. The lowest BCUT2D eigenvalue weighted by Gasteiger charge is -2.39. The smallest absolute Gasteiger partial charge is 0.353 e. The van der Waals surface area contributed by atoms with Crippen LogP contribution in [0.25, 0.3) is 26.8 Å². The molecule has 1 fully saturated rings. The SMILES string of the molecule is CN1CCN(c2ncnc3nn(-c4ccc(C(F)(F)F)cc4)cc23)C[C@H]1C(=O)NCc1ccc2sccc2c1. The van der Waals surface area contributed by atoms with Gasteiger partial charge in [-0.25, -0.2) is 14.6 Å². The molecule has 39 heavy (non-hydrogen) atoms. The van der Waals surface area contributed by atoms with Gasteiger partial charge in [-0.05, 0) is 65.8 Å². The third-order valence-corrected chi connectivity index (χ3v) is 7.89. The summed E-state index contributed by atoms with van der Waals surface area (Å²) in [5.74, 6) is 0.560. The Kier molecular flexibility index (Phi) is 6.43. The van der Waals surface area contributed by atoms with Crippen molar-refractivity contribution in [2.45, 2.75) is 18.8 Å². The zero-order valence-electron chi connectivity index (χ0n) is 20.9. The number of thiophene rings is 1. The fourth-order valence-electron chi connectivity index (χ4n) is 4.80. The van der Waals surface area contributed by atoms with Crippen molar-refractivity contribution in [2.24, 2.45) is 0 Å². The van der Waals surface area contributed by atoms with Gasteiger partial charge in [-0.1, -0.05) is 6.07 Å². The monoisotopic (exact) mass is 551 g/mol. The second kappa shape index (κ2) is 9.93. The predicted octanol–water partition coefficient (Wildman–Crippen LogP) is 4.49. The van der Waals surface area contributed by atoms with Crippen LogP contribution in [0.1, 0.15) is 11.1 Å². The molecule has 0 bridgehead atoms. The van der Waals surface area contributed by atoms with E-state index in [0.717, 1.165) is 23.1 Å². The van der Waals surface area contributed by atoms with Crippen LogP contribution in [0, 0.1) is 0 Å². The number of nitrogens with one attached hydrogen (secondary N) is 1. The Bertz CT molecular complexity index is 1650. The van der Waals surface area contributed by atoms with Gasteiger partial charge in [0.15, 0.2) is 5.65 Å². The Balaban J connectivity index is 1.20. The summed E-state index contributed by atoms with van der Waals surface area (Å²) in [4.78, 5) is 26.0. The third kappa shape index (κ3) is 5.04. The minimum atomic E-state index is -4.41. The number of halogens is 3. The molecule has 3 aromatic heterocycles. The third-order valence-electron chi connectivity index (χ3n) is 6.99. The highest BCUT2D eigenvalue weighted by Crippen LogP contribution is 2.30. The summed E-state index contributed by atoms with van der Waals surface area (Å²) in [5, 5.41) is 11.4. The Hall–Kier alpha value is -4.03. The van der Waals surface area contributed by atoms with E-state index in [9.17, 15) is 18.0 Å². The first-order valence-corrected chi connectivity index (χ1v) is 13.2. The number of carbonyl (C=O) groups excluding carboxylic acids is 1. The van der Waals surface area contributed by atoms with Crippen molar-refractivity contribution >= 4 is 44.2 Å². The number of benzene rings is 2. The number of alkyl halides is 3. The lowest BCUT2D eigenvalue weighted by Crippen LogP contribution is -2.57. The molecule has 0 unspecified atom stereocenters. The molecule has 8 nitrogen and oxygen atoms in total. The molecule has 1 atom stereocenters. The number of amides is 1. The summed E-state index contributed by atoms with van der Waals surface area (Å²) in [6.07, 6.45) is -1.29. The van der Waals surface area contributed by atoms with Crippen LogP contribution in [0.4, 0.5) is 19.0 Å². The van der Waals surface area contributed by atoms with Gasteiger partial charge in [0.2, 0.25) is 5.91 Å². The lowest BCUT2D eigenvalue weighted by molar-refractivity contribution is -0.137. The van der Waals surface area contributed by atoms with Gasteiger partial charge in [0.05, 0.1) is 16.6 Å². The molecule has 0 saturated carbocycles. The van der Waals surface area contributed by atoms with Crippen molar-refractivity contribution in [1.82, 2.24) is 30.0 Å². The zero-order valence-corrected chi connectivity index (χ0v) is 21.7. The van der Waals surface area contributed by atoms with Gasteiger partial charge >= 0.3 is 6.18 Å². The maximum Gasteiger partial charge on any atom is 0.416 e. The highest BCUT2D eigenvalue weighted by atomic mass is 32.1. The van der Waals surface area contributed by atoms with Crippen LogP contribution in [0.5, 0.6) is 0 Å². The first-order chi connectivity index (χ1) is 18.8. The molecule has 0 aliphatic carbocycles. The first-order valence-electron chi connectivity index (χ1n) is 12.3. The molecule has 1 amide bonds. The number of rotatable bonds is 5. The molecule has 0 radical (unpaired) electrons. The van der Waals surface area contributed by atoms with Gasteiger partial charge in [0.1, 0.15) is 18.2 Å². The molecule has 5 aromatic rings. The Morgan fingerprint density at radius 3 is 2.72 bits per heavy atom. The van der Waals surface area contributed by atoms with Gasteiger partial charge in [-0.2, -0.15) is 13.2 Å². The highest BCUT2D eigenvalue weighted by Gasteiger charge is 2.32. The van der Waals surface area contributed by atoms with E-state index in [1.165, 1.54) is 27.8 Å². The fraction of sp³-hybridized carbons (Fsp3) is 0.259. The van der Waals surface area contributed by atoms with Gasteiger partial charge in [0.25, 0.3) is 0 Å². The van der Waals surface area contributed by atoms with E-state index in [2.05, 4.69) is 44.0 Å². The van der Waals surface area contributed by atoms with Crippen molar-refractivity contribution in [3.8, 4) is 5.69 Å². The average molecular weight is 552 g/mol. The number of hydrogen-bond acceptors (Lipinski definition) is 7. The number of carbonyl (C=O) groups is 1. The first kappa shape index (κ1) is 25.3. The standard InChI is InChI=1S/C27H24F3N7OS/c1-35-9-10-36(15-22(35)26(38)31-13-17-2-7-23-18(12-17)8-11-39-23)25-21-14-37(34-24(21)32-16-33-25)20-5-3-19(4-6-20)27(28,29)30/h2-8,11-12,14,16,22H,9-10,13,15H2,1H3,(H,31,38)/t22-/m0/s1. The highest BCUT2D eigenvalue weighted by molar-refractivity contribution is 7.17. The van der Waals surface area contributed by atoms with Crippen LogP contribution in [0.2, 0.25) is 0 Å². The number of fused-ring (bicyclic) bond motifs is 2. The van der Waals surface area contributed by atoms with Crippen LogP contribution in [-0.4, -0.2) is 63.3 Å². The van der Waals surface area contributed by atoms with Crippen LogP contribution >= 0.6 is 11.3 Å². The summed E-state index contributed by atoms with van der Waals surface area (Å²) in [5.41, 5.74) is 1.21. The molecule has 1 aliphatic heterocycles. The second-order valence-electron chi connectivity index (χ2n) is 9.51. The van der Waals surface area contributed by atoms with Crippen molar-refractivity contribution < 1.29 is 18.0 Å². The summed E-state index contributed by atoms with van der Waals surface area (Å²) >= 11 is 1.69. The zero-order chi connectivity index (χ0) is 27.1. The van der Waals surface area contributed by atoms with Crippen LogP contribution in [0.15, 0.2) is 66.4 Å². The number of piperazine rings is 1. The second-order valence-corrected chi connectivity index (χ2v) is 10.5. The number of nitrogens with zero attached hydrogens (tertiary/aromatic N) is 6. The van der Waals surface area contributed by atoms with Crippen LogP contribution in [0.3, 0.4) is 0 Å². The molecule has 0 spiro atoms. The molecule has 4 heterocycles. The van der Waals surface area contributed by atoms with Crippen LogP contribution in [-0.2, 0) is 17.5 Å². The summed E-state index contributed by atoms with van der Waals surface area (Å²) in [6.45, 7) is 2.15. The Morgan fingerprint density at radius 2 is 1.92 bits per heavy atom. The van der Waals surface area contributed by atoms with E-state index in [-0.39, 0.29) is 5.91 Å². The van der Waals surface area contributed by atoms with Crippen molar-refractivity contribution in [2.75, 3.05) is 31.6 Å². The minimum absolute atomic E-state index is 0.0710. The van der Waals surface area contributed by atoms with Gasteiger partial charge < -0.3 is 10.2 Å². The maximum absolute atomic E-state index is 13.2. The van der Waals surface area contributed by atoms with E-state index in [1.807, 2.05) is 22.9 Å². The van der Waals surface area contributed by atoms with E-state index in [4.69, 9.17) is 0 Å². The molecular weight excluding hydrogens is 527 g/mol. The minimum Gasteiger partial charge on any atom is -0.353 e. The molecule has 1 aliphatic rings. The normalized spacial score (nSPS) is 16.7. The Labute approximate surface area is 225 Å². The van der Waals surface area contributed by atoms with E-state index >= 15 is 0 Å². The quantitative estimate of drug-likeness (QED) is 0.347. The summed E-state index contributed by atoms with van der Waals surface area (Å²) < 4.78 is 41.6.